The van der Waals surface area contributed by atoms with E-state index in [4.69, 9.17) is 13.9 Å². The maximum absolute atomic E-state index is 10.0. The Hall–Kier alpha value is -1.66. The summed E-state index contributed by atoms with van der Waals surface area (Å²) in [5, 5.41) is 10.0. The third-order valence-corrected chi connectivity index (χ3v) is 8.99. The predicted octanol–water partition coefficient (Wildman–Crippen LogP) is 10.0. The fourth-order valence-corrected chi connectivity index (χ4v) is 5.56. The second-order valence-electron chi connectivity index (χ2n) is 15.3. The Morgan fingerprint density at radius 3 is 2.07 bits per heavy atom. The van der Waals surface area contributed by atoms with Crippen LogP contribution in [-0.2, 0) is 22.4 Å². The fourth-order valence-electron chi connectivity index (χ4n) is 4.61. The lowest BCUT2D eigenvalue weighted by atomic mass is 9.79. The molecule has 4 nitrogen and oxygen atoms in total. The van der Waals surface area contributed by atoms with Gasteiger partial charge in [0, 0.05) is 0 Å². The highest BCUT2D eigenvalue weighted by Gasteiger charge is 2.35. The molecule has 0 aliphatic rings. The maximum Gasteiger partial charge on any atom is 0.205 e. The van der Waals surface area contributed by atoms with E-state index in [0.717, 1.165) is 30.6 Å². The summed E-state index contributed by atoms with van der Waals surface area (Å²) in [6.07, 6.45) is 2.81. The van der Waals surface area contributed by atoms with Crippen molar-refractivity contribution in [1.82, 2.24) is 0 Å². The molecule has 0 fully saturated rings. The van der Waals surface area contributed by atoms with Crippen LogP contribution in [0.25, 0.3) is 0 Å². The van der Waals surface area contributed by atoms with Gasteiger partial charge in [-0.2, -0.15) is 0 Å². The van der Waals surface area contributed by atoms with Crippen LogP contribution in [0.5, 0.6) is 5.75 Å². The predicted molar refractivity (Wildman–Crippen MR) is 175 cm³/mol. The molecule has 0 aromatic heterocycles. The molecule has 5 heteroatoms. The highest BCUT2D eigenvalue weighted by molar-refractivity contribution is 6.48. The standard InChI is InChI=1S/C36H59O4Si/c1-26(16-15-21-35(8,9)37)28-17-14-18-30(23-28)38-24-27-19-20-29(25-39-36(10,11)34(5,6)7)31(22-27)32(33(2,3)4)40-41(12)13/h14,17-20,22-23,26,32,37H,15-16,21,24-25H2,1-13H3. The largest absolute Gasteiger partial charge is 0.489 e. The summed E-state index contributed by atoms with van der Waals surface area (Å²) in [7, 11) is -0.926. The zero-order valence-corrected chi connectivity index (χ0v) is 29.4. The van der Waals surface area contributed by atoms with E-state index in [-0.39, 0.29) is 22.5 Å². The lowest BCUT2D eigenvalue weighted by Crippen LogP contribution is -2.39. The van der Waals surface area contributed by atoms with Crippen LogP contribution in [0.2, 0.25) is 13.1 Å². The smallest absolute Gasteiger partial charge is 0.205 e. The Morgan fingerprint density at radius 2 is 1.51 bits per heavy atom. The normalized spacial score (nSPS) is 14.8. The van der Waals surface area contributed by atoms with Gasteiger partial charge in [-0.3, -0.25) is 0 Å². The summed E-state index contributed by atoms with van der Waals surface area (Å²) in [4.78, 5) is 0. The van der Waals surface area contributed by atoms with Gasteiger partial charge in [0.05, 0.1) is 23.9 Å². The Kier molecular flexibility index (Phi) is 12.3. The van der Waals surface area contributed by atoms with E-state index in [0.29, 0.717) is 19.1 Å². The molecule has 0 spiro atoms. The average molecular weight is 584 g/mol. The SMILES string of the molecule is CC(CCCC(C)(C)O)c1cccc(OCc2ccc(COC(C)(C)C(C)(C)C)c(C(O[Si](C)C)C(C)(C)C)c2)c1. The molecular formula is C36H59O4Si. The Bertz CT molecular complexity index is 1090. The first-order chi connectivity index (χ1) is 18.7. The van der Waals surface area contributed by atoms with Gasteiger partial charge >= 0.3 is 0 Å². The van der Waals surface area contributed by atoms with Crippen molar-refractivity contribution in [2.45, 2.75) is 145 Å². The first-order valence-electron chi connectivity index (χ1n) is 15.4. The van der Waals surface area contributed by atoms with E-state index in [1.165, 1.54) is 16.7 Å². The highest BCUT2D eigenvalue weighted by atomic mass is 28.3. The van der Waals surface area contributed by atoms with Crippen LogP contribution in [0, 0.1) is 10.8 Å². The van der Waals surface area contributed by atoms with Crippen molar-refractivity contribution in [2.24, 2.45) is 10.8 Å². The minimum atomic E-state index is -0.926. The van der Waals surface area contributed by atoms with Crippen LogP contribution < -0.4 is 4.74 Å². The van der Waals surface area contributed by atoms with Crippen LogP contribution in [0.3, 0.4) is 0 Å². The molecule has 2 atom stereocenters. The molecule has 1 radical (unpaired) electrons. The van der Waals surface area contributed by atoms with E-state index in [2.05, 4.69) is 112 Å². The number of hydrogen-bond acceptors (Lipinski definition) is 4. The van der Waals surface area contributed by atoms with Crippen LogP contribution >= 0.6 is 0 Å². The van der Waals surface area contributed by atoms with Crippen LogP contribution in [0.4, 0.5) is 0 Å². The molecule has 1 N–H and O–H groups in total. The van der Waals surface area contributed by atoms with E-state index in [9.17, 15) is 5.11 Å². The van der Waals surface area contributed by atoms with Gasteiger partial charge in [-0.25, -0.2) is 0 Å². The van der Waals surface area contributed by atoms with Crippen molar-refractivity contribution in [1.29, 1.82) is 0 Å². The fraction of sp³-hybridized carbons (Fsp3) is 0.667. The van der Waals surface area contributed by atoms with Gasteiger partial charge in [0.15, 0.2) is 0 Å². The van der Waals surface area contributed by atoms with Crippen LogP contribution in [0.1, 0.15) is 130 Å². The van der Waals surface area contributed by atoms with Gasteiger partial charge in [0.2, 0.25) is 9.04 Å². The highest BCUT2D eigenvalue weighted by Crippen LogP contribution is 2.40. The number of hydrogen-bond donors (Lipinski definition) is 1. The lowest BCUT2D eigenvalue weighted by Gasteiger charge is -2.39. The Morgan fingerprint density at radius 1 is 0.854 bits per heavy atom. The van der Waals surface area contributed by atoms with E-state index < -0.39 is 14.6 Å². The van der Waals surface area contributed by atoms with Crippen molar-refractivity contribution < 1.29 is 19.0 Å². The van der Waals surface area contributed by atoms with Crippen molar-refractivity contribution in [3.63, 3.8) is 0 Å². The molecule has 2 aromatic rings. The number of ether oxygens (including phenoxy) is 2. The minimum Gasteiger partial charge on any atom is -0.489 e. The molecule has 0 aliphatic heterocycles. The van der Waals surface area contributed by atoms with Crippen molar-refractivity contribution >= 4 is 9.04 Å². The molecule has 0 saturated carbocycles. The molecule has 0 bridgehead atoms. The monoisotopic (exact) mass is 583 g/mol. The van der Waals surface area contributed by atoms with Gasteiger partial charge in [-0.1, -0.05) is 79.2 Å². The maximum atomic E-state index is 10.0. The van der Waals surface area contributed by atoms with Gasteiger partial charge in [0.25, 0.3) is 0 Å². The first-order valence-corrected chi connectivity index (χ1v) is 17.8. The molecule has 2 rings (SSSR count). The molecule has 0 amide bonds. The number of benzene rings is 2. The molecule has 2 unspecified atom stereocenters. The molecule has 41 heavy (non-hydrogen) atoms. The summed E-state index contributed by atoms with van der Waals surface area (Å²) in [5.41, 5.74) is 3.85. The summed E-state index contributed by atoms with van der Waals surface area (Å²) < 4.78 is 19.5. The lowest BCUT2D eigenvalue weighted by molar-refractivity contribution is -0.100. The van der Waals surface area contributed by atoms with E-state index >= 15 is 0 Å². The Balaban J connectivity index is 2.28. The molecular weight excluding hydrogens is 524 g/mol. The number of rotatable bonds is 14. The minimum absolute atomic E-state index is 0.0192. The van der Waals surface area contributed by atoms with E-state index in [1.54, 1.807) is 0 Å². The van der Waals surface area contributed by atoms with Crippen molar-refractivity contribution in [3.05, 3.63) is 64.7 Å². The topological polar surface area (TPSA) is 47.9 Å². The van der Waals surface area contributed by atoms with E-state index in [1.807, 2.05) is 19.9 Å². The van der Waals surface area contributed by atoms with Gasteiger partial charge in [-0.05, 0) is 111 Å². The van der Waals surface area contributed by atoms with Crippen molar-refractivity contribution in [3.8, 4) is 5.75 Å². The summed E-state index contributed by atoms with van der Waals surface area (Å²) in [5.74, 6) is 1.29. The van der Waals surface area contributed by atoms with Crippen LogP contribution in [0.15, 0.2) is 42.5 Å². The summed E-state index contributed by atoms with van der Waals surface area (Å²) in [6, 6.07) is 15.1. The van der Waals surface area contributed by atoms with Crippen LogP contribution in [-0.4, -0.2) is 25.3 Å². The third kappa shape index (κ3) is 11.5. The zero-order valence-electron chi connectivity index (χ0n) is 28.4. The van der Waals surface area contributed by atoms with Gasteiger partial charge in [0.1, 0.15) is 12.4 Å². The quantitative estimate of drug-likeness (QED) is 0.225. The first kappa shape index (κ1) is 35.5. The van der Waals surface area contributed by atoms with Crippen molar-refractivity contribution in [2.75, 3.05) is 0 Å². The molecule has 2 aromatic carbocycles. The average Bonchev–Trinajstić information content (AvgIpc) is 2.83. The molecule has 0 saturated heterocycles. The molecule has 231 valence electrons. The Labute approximate surface area is 253 Å². The molecule has 0 aliphatic carbocycles. The summed E-state index contributed by atoms with van der Waals surface area (Å²) >= 11 is 0. The third-order valence-electron chi connectivity index (χ3n) is 8.29. The molecule has 0 heterocycles. The zero-order chi connectivity index (χ0) is 31.2. The second kappa shape index (κ2) is 14.2. The summed E-state index contributed by atoms with van der Waals surface area (Å²) in [6.45, 7) is 29.2. The van der Waals surface area contributed by atoms with Gasteiger partial charge < -0.3 is 19.0 Å². The second-order valence-corrected chi connectivity index (χ2v) is 17.4. The van der Waals surface area contributed by atoms with Gasteiger partial charge in [-0.15, -0.1) is 0 Å². The number of aliphatic hydroxyl groups is 1.